The first kappa shape index (κ1) is 31.6. The SMILES string of the molecule is COc1ccc(-c2noc(C(CCSC)NC(C)=C3C(=O)C=C4Oc5c(C(C)=O)c(O)c(C)c(O)c5C4(C)C3=O)n2)cc1OC. The van der Waals surface area contributed by atoms with E-state index in [2.05, 4.69) is 15.5 Å². The van der Waals surface area contributed by atoms with Gasteiger partial charge in [-0.25, -0.2) is 0 Å². The van der Waals surface area contributed by atoms with E-state index in [1.54, 1.807) is 36.9 Å². The predicted molar refractivity (Wildman–Crippen MR) is 165 cm³/mol. The van der Waals surface area contributed by atoms with Gasteiger partial charge in [0, 0.05) is 22.9 Å². The van der Waals surface area contributed by atoms with Crippen molar-refractivity contribution in [3.8, 4) is 40.1 Å². The summed E-state index contributed by atoms with van der Waals surface area (Å²) in [5.74, 6) is -0.489. The van der Waals surface area contributed by atoms with E-state index in [-0.39, 0.29) is 45.4 Å². The van der Waals surface area contributed by atoms with Crippen molar-refractivity contribution in [2.24, 2.45) is 0 Å². The highest BCUT2D eigenvalue weighted by molar-refractivity contribution is 7.98. The largest absolute Gasteiger partial charge is 0.507 e. The number of methoxy groups -OCH3 is 2. The van der Waals surface area contributed by atoms with Crippen LogP contribution in [-0.2, 0) is 15.0 Å². The van der Waals surface area contributed by atoms with Crippen LogP contribution < -0.4 is 19.5 Å². The molecule has 2 unspecified atom stereocenters. The maximum Gasteiger partial charge on any atom is 0.249 e. The molecule has 0 fully saturated rings. The topological polar surface area (TPSA) is 170 Å². The number of phenolic OH excluding ortho intramolecular Hbond substituents is 2. The molecule has 0 amide bonds. The van der Waals surface area contributed by atoms with Crippen LogP contribution in [0.3, 0.4) is 0 Å². The lowest BCUT2D eigenvalue weighted by Gasteiger charge is -2.29. The second-order valence-corrected chi connectivity index (χ2v) is 11.9. The molecule has 0 saturated carbocycles. The van der Waals surface area contributed by atoms with Gasteiger partial charge in [0.1, 0.15) is 40.0 Å². The number of nitrogens with zero attached hydrogens (tertiary/aromatic N) is 2. The summed E-state index contributed by atoms with van der Waals surface area (Å²) in [6, 6.07) is 4.67. The number of hydrogen-bond acceptors (Lipinski definition) is 13. The van der Waals surface area contributed by atoms with Crippen molar-refractivity contribution in [1.29, 1.82) is 0 Å². The van der Waals surface area contributed by atoms with Crippen molar-refractivity contribution >= 4 is 29.1 Å². The van der Waals surface area contributed by atoms with Gasteiger partial charge in [-0.1, -0.05) is 5.16 Å². The summed E-state index contributed by atoms with van der Waals surface area (Å²) < 4.78 is 22.2. The van der Waals surface area contributed by atoms with Crippen LogP contribution >= 0.6 is 11.8 Å². The smallest absolute Gasteiger partial charge is 0.249 e. The minimum absolute atomic E-state index is 0.0208. The summed E-state index contributed by atoms with van der Waals surface area (Å²) in [7, 11) is 3.07. The number of ketones is 3. The molecule has 0 bridgehead atoms. The third-order valence-corrected chi connectivity index (χ3v) is 8.79. The Morgan fingerprint density at radius 3 is 2.49 bits per heavy atom. The van der Waals surface area contributed by atoms with Crippen LogP contribution in [0.4, 0.5) is 0 Å². The molecule has 3 aromatic rings. The van der Waals surface area contributed by atoms with E-state index >= 15 is 0 Å². The van der Waals surface area contributed by atoms with Crippen LogP contribution in [0, 0.1) is 6.92 Å². The zero-order chi connectivity index (χ0) is 32.8. The lowest BCUT2D eigenvalue weighted by atomic mass is 9.70. The third kappa shape index (κ3) is 5.10. The van der Waals surface area contributed by atoms with Gasteiger partial charge in [-0.05, 0) is 64.3 Å². The molecule has 5 rings (SSSR count). The molecule has 13 heteroatoms. The number of fused-ring (bicyclic) bond motifs is 3. The van der Waals surface area contributed by atoms with Gasteiger partial charge in [0.05, 0.1) is 25.4 Å². The maximum absolute atomic E-state index is 14.2. The van der Waals surface area contributed by atoms with Gasteiger partial charge in [-0.2, -0.15) is 16.7 Å². The van der Waals surface area contributed by atoms with Gasteiger partial charge in [-0.3, -0.25) is 14.4 Å². The molecule has 2 aliphatic rings. The number of hydrogen-bond donors (Lipinski definition) is 3. The highest BCUT2D eigenvalue weighted by atomic mass is 32.2. The summed E-state index contributed by atoms with van der Waals surface area (Å²) in [6.07, 6.45) is 3.65. The van der Waals surface area contributed by atoms with Crippen molar-refractivity contribution in [1.82, 2.24) is 15.5 Å². The molecule has 3 N–H and O–H groups in total. The van der Waals surface area contributed by atoms with Crippen LogP contribution in [0.25, 0.3) is 11.4 Å². The van der Waals surface area contributed by atoms with Crippen LogP contribution in [-0.4, -0.2) is 63.9 Å². The number of aromatic hydroxyl groups is 2. The van der Waals surface area contributed by atoms with Gasteiger partial charge in [-0.15, -0.1) is 0 Å². The van der Waals surface area contributed by atoms with Crippen LogP contribution in [0.2, 0.25) is 0 Å². The molecule has 0 radical (unpaired) electrons. The maximum atomic E-state index is 14.2. The normalized spacial score (nSPS) is 18.9. The number of carbonyl (C=O) groups is 3. The molecule has 1 aliphatic heterocycles. The summed E-state index contributed by atoms with van der Waals surface area (Å²) in [6.45, 7) is 5.79. The van der Waals surface area contributed by atoms with Gasteiger partial charge in [0.15, 0.2) is 28.8 Å². The fraction of sp³-hybridized carbons (Fsp3) is 0.344. The lowest BCUT2D eigenvalue weighted by molar-refractivity contribution is -0.123. The number of allylic oxidation sites excluding steroid dienone is 4. The van der Waals surface area contributed by atoms with E-state index in [4.69, 9.17) is 18.7 Å². The monoisotopic (exact) mass is 635 g/mol. The zero-order valence-corrected chi connectivity index (χ0v) is 26.7. The van der Waals surface area contributed by atoms with E-state index in [0.717, 1.165) is 0 Å². The average molecular weight is 636 g/mol. The first-order chi connectivity index (χ1) is 21.4. The highest BCUT2D eigenvalue weighted by Gasteiger charge is 2.56. The Morgan fingerprint density at radius 2 is 1.84 bits per heavy atom. The number of Topliss-reactive ketones (excluding diaryl/α,β-unsaturated/α-hetero) is 2. The molecule has 0 spiro atoms. The van der Waals surface area contributed by atoms with Crippen molar-refractivity contribution in [2.75, 3.05) is 26.2 Å². The second kappa shape index (κ2) is 12.0. The summed E-state index contributed by atoms with van der Waals surface area (Å²) >= 11 is 1.60. The molecule has 2 atom stereocenters. The van der Waals surface area contributed by atoms with Crippen molar-refractivity contribution in [2.45, 2.75) is 45.6 Å². The molecular weight excluding hydrogens is 602 g/mol. The summed E-state index contributed by atoms with van der Waals surface area (Å²) in [5.41, 5.74) is -1.02. The van der Waals surface area contributed by atoms with E-state index in [1.165, 1.54) is 41.1 Å². The molecule has 236 valence electrons. The minimum Gasteiger partial charge on any atom is -0.507 e. The molecule has 0 saturated heterocycles. The molecular formula is C32H33N3O9S. The van der Waals surface area contributed by atoms with E-state index in [1.807, 2.05) is 6.26 Å². The van der Waals surface area contributed by atoms with E-state index in [9.17, 15) is 24.6 Å². The predicted octanol–water partition coefficient (Wildman–Crippen LogP) is 4.72. The van der Waals surface area contributed by atoms with Crippen LogP contribution in [0.15, 0.2) is 45.8 Å². The van der Waals surface area contributed by atoms with Gasteiger partial charge in [0.25, 0.3) is 0 Å². The number of rotatable bonds is 10. The van der Waals surface area contributed by atoms with Crippen molar-refractivity contribution in [3.05, 3.63) is 63.9 Å². The number of nitrogens with one attached hydrogen (secondary N) is 1. The van der Waals surface area contributed by atoms with Gasteiger partial charge < -0.3 is 34.3 Å². The Balaban J connectivity index is 1.54. The standard InChI is InChI=1S/C32H33N3O9S/c1-14-26(38)24(16(3)36)28-25(27(14)39)32(4)22(43-28)13-19(37)23(29(32)40)15(2)33-18(10-11-45-7)31-34-30(35-44-31)17-8-9-20(41-5)21(12-17)42-6/h8-9,12-13,18,33,38-39H,10-11H2,1-7H3. The first-order valence-corrected chi connectivity index (χ1v) is 15.4. The Morgan fingerprint density at radius 1 is 1.13 bits per heavy atom. The molecule has 45 heavy (non-hydrogen) atoms. The Hall–Kier alpha value is -4.78. The number of carbonyl (C=O) groups excluding carboxylic acids is 3. The second-order valence-electron chi connectivity index (χ2n) is 10.9. The van der Waals surface area contributed by atoms with Gasteiger partial charge >= 0.3 is 0 Å². The van der Waals surface area contributed by atoms with Crippen molar-refractivity contribution < 1.29 is 43.3 Å². The van der Waals surface area contributed by atoms with Crippen LogP contribution in [0.1, 0.15) is 60.6 Å². The summed E-state index contributed by atoms with van der Waals surface area (Å²) in [4.78, 5) is 44.7. The number of aromatic nitrogens is 2. The minimum atomic E-state index is -1.63. The summed E-state index contributed by atoms with van der Waals surface area (Å²) in [5, 5.41) is 29.1. The fourth-order valence-corrected chi connectivity index (χ4v) is 6.13. The van der Waals surface area contributed by atoms with Crippen molar-refractivity contribution in [3.63, 3.8) is 0 Å². The molecule has 2 aromatic carbocycles. The van der Waals surface area contributed by atoms with Gasteiger partial charge in [0.2, 0.25) is 11.7 Å². The Bertz CT molecular complexity index is 1810. The molecule has 2 heterocycles. The quantitative estimate of drug-likeness (QED) is 0.159. The van der Waals surface area contributed by atoms with E-state index < -0.39 is 40.3 Å². The van der Waals surface area contributed by atoms with Crippen LogP contribution in [0.5, 0.6) is 28.7 Å². The number of thioether (sulfide) groups is 1. The lowest BCUT2D eigenvalue weighted by Crippen LogP contribution is -2.41. The average Bonchev–Trinajstić information content (AvgIpc) is 3.61. The van der Waals surface area contributed by atoms with E-state index in [0.29, 0.717) is 35.1 Å². The number of phenols is 2. The molecule has 1 aromatic heterocycles. The Labute approximate surface area is 263 Å². The number of ether oxygens (including phenoxy) is 3. The fourth-order valence-electron chi connectivity index (χ4n) is 5.66. The zero-order valence-electron chi connectivity index (χ0n) is 25.9. The molecule has 12 nitrogen and oxygen atoms in total. The Kier molecular flexibility index (Phi) is 8.41. The highest BCUT2D eigenvalue weighted by Crippen LogP contribution is 2.57. The number of benzene rings is 2. The third-order valence-electron chi connectivity index (χ3n) is 8.14. The molecule has 1 aliphatic carbocycles. The first-order valence-electron chi connectivity index (χ1n) is 14.0.